The first-order valence-electron chi connectivity index (χ1n) is 4.17. The third-order valence-electron chi connectivity index (χ3n) is 2.43. The summed E-state index contributed by atoms with van der Waals surface area (Å²) in [5.41, 5.74) is 1.27. The van der Waals surface area contributed by atoms with Crippen molar-refractivity contribution in [1.29, 1.82) is 0 Å². The molecule has 64 valence electrons. The Bertz CT molecular complexity index is 285. The fourth-order valence-electron chi connectivity index (χ4n) is 1.59. The predicted octanol–water partition coefficient (Wildman–Crippen LogP) is 2.44. The van der Waals surface area contributed by atoms with E-state index in [4.69, 9.17) is 16.7 Å². The summed E-state index contributed by atoms with van der Waals surface area (Å²) in [4.78, 5) is 0. The maximum Gasteiger partial charge on any atom is 0.0465 e. The van der Waals surface area contributed by atoms with Crippen molar-refractivity contribution in [3.05, 3.63) is 34.9 Å². The number of aliphatic hydroxyl groups excluding tert-OH is 1. The Balaban J connectivity index is 2.14. The Morgan fingerprint density at radius 1 is 1.50 bits per heavy atom. The summed E-state index contributed by atoms with van der Waals surface area (Å²) < 4.78 is 0. The number of aliphatic hydroxyl groups is 1. The number of halogens is 1. The largest absolute Gasteiger partial charge is 0.396 e. The Kier molecular flexibility index (Phi) is 2.07. The highest BCUT2D eigenvalue weighted by Gasteiger charge is 2.37. The highest BCUT2D eigenvalue weighted by Crippen LogP contribution is 2.47. The van der Waals surface area contributed by atoms with Gasteiger partial charge in [-0.05, 0) is 36.0 Å². The minimum absolute atomic E-state index is 0.303. The van der Waals surface area contributed by atoms with Crippen LogP contribution >= 0.6 is 11.6 Å². The maximum absolute atomic E-state index is 8.87. The molecule has 0 heterocycles. The van der Waals surface area contributed by atoms with E-state index in [1.807, 2.05) is 18.2 Å². The topological polar surface area (TPSA) is 20.2 Å². The molecular weight excluding hydrogens is 172 g/mol. The van der Waals surface area contributed by atoms with Gasteiger partial charge < -0.3 is 5.11 Å². The third kappa shape index (κ3) is 1.47. The van der Waals surface area contributed by atoms with Gasteiger partial charge in [0.2, 0.25) is 0 Å². The van der Waals surface area contributed by atoms with Crippen molar-refractivity contribution in [2.24, 2.45) is 5.92 Å². The van der Waals surface area contributed by atoms with Crippen LogP contribution in [0, 0.1) is 5.92 Å². The summed E-state index contributed by atoms with van der Waals surface area (Å²) in [6, 6.07) is 7.90. The number of benzene rings is 1. The number of rotatable bonds is 2. The summed E-state index contributed by atoms with van der Waals surface area (Å²) in [5, 5.41) is 9.66. The standard InChI is InChI=1S/C10H11ClO/c11-9-3-1-2-7(4-9)10-5-8(10)6-12/h1-4,8,10,12H,5-6H2/t8-,10-/m1/s1. The molecule has 1 aromatic rings. The zero-order chi connectivity index (χ0) is 8.55. The van der Waals surface area contributed by atoms with Crippen LogP contribution in [0.2, 0.25) is 5.02 Å². The second-order valence-electron chi connectivity index (χ2n) is 3.34. The molecule has 1 nitrogen and oxygen atoms in total. The second kappa shape index (κ2) is 3.08. The van der Waals surface area contributed by atoms with Gasteiger partial charge in [-0.3, -0.25) is 0 Å². The molecule has 1 fully saturated rings. The summed E-state index contributed by atoms with van der Waals surface area (Å²) >= 11 is 5.85. The summed E-state index contributed by atoms with van der Waals surface area (Å²) in [7, 11) is 0. The van der Waals surface area contributed by atoms with Gasteiger partial charge in [-0.25, -0.2) is 0 Å². The van der Waals surface area contributed by atoms with Crippen molar-refractivity contribution in [2.45, 2.75) is 12.3 Å². The average Bonchev–Trinajstić information content (AvgIpc) is 2.83. The van der Waals surface area contributed by atoms with Gasteiger partial charge in [0.15, 0.2) is 0 Å². The van der Waals surface area contributed by atoms with Gasteiger partial charge in [0.1, 0.15) is 0 Å². The van der Waals surface area contributed by atoms with E-state index in [9.17, 15) is 0 Å². The lowest BCUT2D eigenvalue weighted by molar-refractivity contribution is 0.274. The summed E-state index contributed by atoms with van der Waals surface area (Å²) in [6.45, 7) is 0.303. The molecule has 0 aliphatic heterocycles. The number of hydrogen-bond acceptors (Lipinski definition) is 1. The van der Waals surface area contributed by atoms with E-state index in [1.165, 1.54) is 5.56 Å². The predicted molar refractivity (Wildman–Crippen MR) is 49.4 cm³/mol. The molecule has 12 heavy (non-hydrogen) atoms. The van der Waals surface area contributed by atoms with Crippen molar-refractivity contribution in [2.75, 3.05) is 6.61 Å². The molecule has 1 aromatic carbocycles. The van der Waals surface area contributed by atoms with E-state index in [0.717, 1.165) is 11.4 Å². The van der Waals surface area contributed by atoms with Gasteiger partial charge >= 0.3 is 0 Å². The molecule has 0 bridgehead atoms. The van der Waals surface area contributed by atoms with Crippen molar-refractivity contribution in [3.8, 4) is 0 Å². The molecule has 0 aromatic heterocycles. The lowest BCUT2D eigenvalue weighted by Gasteiger charge is -1.98. The molecule has 1 N–H and O–H groups in total. The summed E-state index contributed by atoms with van der Waals surface area (Å²) in [5.74, 6) is 1.03. The summed E-state index contributed by atoms with van der Waals surface area (Å²) in [6.07, 6.45) is 1.11. The van der Waals surface area contributed by atoms with Crippen LogP contribution in [0.15, 0.2) is 24.3 Å². The Hall–Kier alpha value is -0.530. The first-order chi connectivity index (χ1) is 5.81. The minimum atomic E-state index is 0.303. The Morgan fingerprint density at radius 2 is 2.33 bits per heavy atom. The quantitative estimate of drug-likeness (QED) is 0.745. The van der Waals surface area contributed by atoms with E-state index in [-0.39, 0.29) is 0 Å². The number of hydrogen-bond donors (Lipinski definition) is 1. The molecule has 1 aliphatic rings. The monoisotopic (exact) mass is 182 g/mol. The van der Waals surface area contributed by atoms with E-state index >= 15 is 0 Å². The van der Waals surface area contributed by atoms with Crippen LogP contribution in [0.4, 0.5) is 0 Å². The Morgan fingerprint density at radius 3 is 2.92 bits per heavy atom. The smallest absolute Gasteiger partial charge is 0.0465 e. The molecule has 2 atom stereocenters. The van der Waals surface area contributed by atoms with Crippen LogP contribution in [0.25, 0.3) is 0 Å². The highest BCUT2D eigenvalue weighted by molar-refractivity contribution is 6.30. The van der Waals surface area contributed by atoms with Crippen LogP contribution in [0.5, 0.6) is 0 Å². The molecular formula is C10H11ClO. The van der Waals surface area contributed by atoms with Gasteiger partial charge in [0, 0.05) is 11.6 Å². The van der Waals surface area contributed by atoms with E-state index in [2.05, 4.69) is 6.07 Å². The van der Waals surface area contributed by atoms with Gasteiger partial charge in [0.25, 0.3) is 0 Å². The van der Waals surface area contributed by atoms with Crippen LogP contribution < -0.4 is 0 Å². The Labute approximate surface area is 77.0 Å². The average molecular weight is 183 g/mol. The molecule has 0 spiro atoms. The maximum atomic E-state index is 8.87. The van der Waals surface area contributed by atoms with Crippen molar-refractivity contribution in [3.63, 3.8) is 0 Å². The van der Waals surface area contributed by atoms with Crippen molar-refractivity contribution in [1.82, 2.24) is 0 Å². The van der Waals surface area contributed by atoms with E-state index < -0.39 is 0 Å². The van der Waals surface area contributed by atoms with Gasteiger partial charge in [-0.1, -0.05) is 23.7 Å². The van der Waals surface area contributed by atoms with Crippen LogP contribution in [-0.2, 0) is 0 Å². The van der Waals surface area contributed by atoms with Crippen LogP contribution in [0.1, 0.15) is 17.9 Å². The molecule has 0 unspecified atom stereocenters. The van der Waals surface area contributed by atoms with Crippen molar-refractivity contribution < 1.29 is 5.11 Å². The lowest BCUT2D eigenvalue weighted by atomic mass is 10.1. The van der Waals surface area contributed by atoms with Crippen LogP contribution in [-0.4, -0.2) is 11.7 Å². The van der Waals surface area contributed by atoms with E-state index in [1.54, 1.807) is 0 Å². The SMILES string of the molecule is OC[C@H]1C[C@@H]1c1cccc(Cl)c1. The lowest BCUT2D eigenvalue weighted by Crippen LogP contribution is -1.88. The molecule has 2 heteroatoms. The second-order valence-corrected chi connectivity index (χ2v) is 3.78. The molecule has 1 saturated carbocycles. The normalized spacial score (nSPS) is 27.2. The fraction of sp³-hybridized carbons (Fsp3) is 0.400. The van der Waals surface area contributed by atoms with Gasteiger partial charge in [-0.15, -0.1) is 0 Å². The molecule has 0 amide bonds. The molecule has 2 rings (SSSR count). The molecule has 0 saturated heterocycles. The zero-order valence-corrected chi connectivity index (χ0v) is 7.46. The van der Waals surface area contributed by atoms with Gasteiger partial charge in [0.05, 0.1) is 0 Å². The zero-order valence-electron chi connectivity index (χ0n) is 6.70. The first-order valence-corrected chi connectivity index (χ1v) is 4.55. The van der Waals surface area contributed by atoms with Gasteiger partial charge in [-0.2, -0.15) is 0 Å². The third-order valence-corrected chi connectivity index (χ3v) is 2.67. The molecule has 0 radical (unpaired) electrons. The van der Waals surface area contributed by atoms with Crippen molar-refractivity contribution >= 4 is 11.6 Å². The van der Waals surface area contributed by atoms with Crippen LogP contribution in [0.3, 0.4) is 0 Å². The molecule has 1 aliphatic carbocycles. The fourth-order valence-corrected chi connectivity index (χ4v) is 1.79. The minimum Gasteiger partial charge on any atom is -0.396 e. The first kappa shape index (κ1) is 8.09. The highest BCUT2D eigenvalue weighted by atomic mass is 35.5. The van der Waals surface area contributed by atoms with E-state index in [0.29, 0.717) is 18.4 Å².